The molecule has 2 heteroatoms. The van der Waals surface area contributed by atoms with Gasteiger partial charge in [0.15, 0.2) is 0 Å². The summed E-state index contributed by atoms with van der Waals surface area (Å²) in [5.74, 6) is 1.35. The van der Waals surface area contributed by atoms with Gasteiger partial charge in [-0.15, -0.1) is 0 Å². The van der Waals surface area contributed by atoms with Gasteiger partial charge in [-0.1, -0.05) is 32.4 Å². The van der Waals surface area contributed by atoms with Gasteiger partial charge in [0.2, 0.25) is 0 Å². The van der Waals surface area contributed by atoms with Crippen LogP contribution in [0.15, 0.2) is 12.2 Å². The number of nitrogens with one attached hydrogen (secondary N) is 1. The molecule has 1 heterocycles. The fourth-order valence-electron chi connectivity index (χ4n) is 2.20. The third-order valence-corrected chi connectivity index (χ3v) is 4.85. The lowest BCUT2D eigenvalue weighted by atomic mass is 9.99. The first kappa shape index (κ1) is 14.1. The summed E-state index contributed by atoms with van der Waals surface area (Å²) in [6, 6.07) is 0.665. The van der Waals surface area contributed by atoms with Crippen molar-refractivity contribution in [3.05, 3.63) is 12.2 Å². The molecule has 0 aromatic carbocycles. The monoisotopic (exact) mass is 241 g/mol. The molecule has 1 saturated heterocycles. The smallest absolute Gasteiger partial charge is 0.0223 e. The van der Waals surface area contributed by atoms with E-state index < -0.39 is 0 Å². The number of thioether (sulfide) groups is 1. The lowest BCUT2D eigenvalue weighted by molar-refractivity contribution is 0.458. The maximum Gasteiger partial charge on any atom is 0.0223 e. The van der Waals surface area contributed by atoms with E-state index in [0.29, 0.717) is 6.04 Å². The molecular weight excluding hydrogens is 214 g/mol. The zero-order chi connectivity index (χ0) is 11.8. The van der Waals surface area contributed by atoms with Gasteiger partial charge in [0.1, 0.15) is 0 Å². The molecule has 0 saturated carbocycles. The van der Waals surface area contributed by atoms with Gasteiger partial charge in [0, 0.05) is 11.3 Å². The Morgan fingerprint density at radius 3 is 2.81 bits per heavy atom. The van der Waals surface area contributed by atoms with E-state index in [1.54, 1.807) is 0 Å². The Kier molecular flexibility index (Phi) is 7.22. The van der Waals surface area contributed by atoms with E-state index in [1.807, 2.05) is 0 Å². The molecule has 0 spiro atoms. The summed E-state index contributed by atoms with van der Waals surface area (Å²) < 4.78 is 0. The molecule has 1 nitrogen and oxygen atoms in total. The molecule has 1 aliphatic rings. The molecule has 0 aromatic heterocycles. The normalized spacial score (nSPS) is 23.0. The minimum atomic E-state index is 0.665. The second kappa shape index (κ2) is 8.19. The van der Waals surface area contributed by atoms with E-state index in [-0.39, 0.29) is 0 Å². The highest BCUT2D eigenvalue weighted by atomic mass is 32.2. The summed E-state index contributed by atoms with van der Waals surface area (Å²) in [4.78, 5) is 0. The van der Waals surface area contributed by atoms with Crippen molar-refractivity contribution in [2.24, 2.45) is 0 Å². The van der Waals surface area contributed by atoms with Gasteiger partial charge in [-0.25, -0.2) is 0 Å². The first-order valence-corrected chi connectivity index (χ1v) is 7.84. The fraction of sp³-hybridized carbons (Fsp3) is 0.857. The predicted molar refractivity (Wildman–Crippen MR) is 76.2 cm³/mol. The summed E-state index contributed by atoms with van der Waals surface area (Å²) in [6.07, 6.45) is 7.75. The van der Waals surface area contributed by atoms with Crippen molar-refractivity contribution in [2.75, 3.05) is 12.3 Å². The number of hydrogen-bond donors (Lipinski definition) is 1. The van der Waals surface area contributed by atoms with Crippen LogP contribution in [0, 0.1) is 0 Å². The van der Waals surface area contributed by atoms with E-state index in [2.05, 4.69) is 37.5 Å². The van der Waals surface area contributed by atoms with E-state index in [0.717, 1.165) is 18.2 Å². The number of rotatable bonds is 7. The Morgan fingerprint density at radius 2 is 2.25 bits per heavy atom. The lowest BCUT2D eigenvalue weighted by Crippen LogP contribution is -2.40. The summed E-state index contributed by atoms with van der Waals surface area (Å²) in [7, 11) is 0. The zero-order valence-electron chi connectivity index (χ0n) is 10.9. The van der Waals surface area contributed by atoms with Crippen LogP contribution in [0.1, 0.15) is 52.4 Å². The molecule has 16 heavy (non-hydrogen) atoms. The average molecular weight is 241 g/mol. The van der Waals surface area contributed by atoms with Gasteiger partial charge in [-0.2, -0.15) is 11.8 Å². The minimum Gasteiger partial charge on any atom is -0.313 e. The first-order chi connectivity index (χ1) is 7.77. The molecule has 1 fully saturated rings. The molecule has 2 atom stereocenters. The van der Waals surface area contributed by atoms with Crippen LogP contribution in [0.5, 0.6) is 0 Å². The Hall–Kier alpha value is 0.0500. The minimum absolute atomic E-state index is 0.665. The van der Waals surface area contributed by atoms with Crippen molar-refractivity contribution in [3.8, 4) is 0 Å². The molecule has 1 N–H and O–H groups in total. The zero-order valence-corrected chi connectivity index (χ0v) is 11.7. The maximum atomic E-state index is 4.17. The van der Waals surface area contributed by atoms with Crippen LogP contribution >= 0.6 is 11.8 Å². The van der Waals surface area contributed by atoms with Gasteiger partial charge in [-0.3, -0.25) is 0 Å². The van der Waals surface area contributed by atoms with Gasteiger partial charge < -0.3 is 5.32 Å². The van der Waals surface area contributed by atoms with Crippen molar-refractivity contribution >= 4 is 11.8 Å². The van der Waals surface area contributed by atoms with Gasteiger partial charge >= 0.3 is 0 Å². The van der Waals surface area contributed by atoms with Crippen LogP contribution in [0.3, 0.4) is 0 Å². The molecule has 2 unspecified atom stereocenters. The summed E-state index contributed by atoms with van der Waals surface area (Å²) >= 11 is 2.17. The topological polar surface area (TPSA) is 12.0 Å². The summed E-state index contributed by atoms with van der Waals surface area (Å²) in [5, 5.41) is 4.55. The molecule has 1 aliphatic heterocycles. The molecular formula is C14H27NS. The van der Waals surface area contributed by atoms with E-state index in [1.165, 1.54) is 43.4 Å². The third kappa shape index (κ3) is 4.92. The quantitative estimate of drug-likeness (QED) is 0.676. The summed E-state index contributed by atoms with van der Waals surface area (Å²) in [6.45, 7) is 9.78. The number of hydrogen-bond acceptors (Lipinski definition) is 2. The van der Waals surface area contributed by atoms with E-state index in [4.69, 9.17) is 0 Å². The Labute approximate surface area is 105 Å². The van der Waals surface area contributed by atoms with Gasteiger partial charge in [-0.05, 0) is 44.4 Å². The second-order valence-electron chi connectivity index (χ2n) is 4.77. The largest absolute Gasteiger partial charge is 0.313 e. The van der Waals surface area contributed by atoms with Crippen LogP contribution in [-0.4, -0.2) is 23.6 Å². The first-order valence-electron chi connectivity index (χ1n) is 6.79. The Bertz CT molecular complexity index is 197. The standard InChI is InChI=1S/C14H27NS/c1-4-9-15-13(11-12(3)5-2)14-8-6-7-10-16-14/h13-15H,3-11H2,1-2H3. The van der Waals surface area contributed by atoms with Crippen LogP contribution < -0.4 is 5.32 Å². The molecule has 1 rings (SSSR count). The molecule has 0 aromatic rings. The second-order valence-corrected chi connectivity index (χ2v) is 6.12. The third-order valence-electron chi connectivity index (χ3n) is 3.33. The van der Waals surface area contributed by atoms with Crippen LogP contribution in [0.25, 0.3) is 0 Å². The molecule has 0 radical (unpaired) electrons. The Balaban J connectivity index is 2.43. The van der Waals surface area contributed by atoms with Crippen LogP contribution in [0.2, 0.25) is 0 Å². The van der Waals surface area contributed by atoms with Crippen molar-refractivity contribution in [2.45, 2.75) is 63.7 Å². The van der Waals surface area contributed by atoms with Crippen molar-refractivity contribution < 1.29 is 0 Å². The van der Waals surface area contributed by atoms with Crippen LogP contribution in [0.4, 0.5) is 0 Å². The van der Waals surface area contributed by atoms with Crippen molar-refractivity contribution in [1.82, 2.24) is 5.32 Å². The maximum absolute atomic E-state index is 4.17. The van der Waals surface area contributed by atoms with Crippen LogP contribution in [-0.2, 0) is 0 Å². The lowest BCUT2D eigenvalue weighted by Gasteiger charge is -2.31. The van der Waals surface area contributed by atoms with Gasteiger partial charge in [0.05, 0.1) is 0 Å². The van der Waals surface area contributed by atoms with Crippen molar-refractivity contribution in [1.29, 1.82) is 0 Å². The molecule has 0 amide bonds. The molecule has 0 bridgehead atoms. The van der Waals surface area contributed by atoms with Crippen molar-refractivity contribution in [3.63, 3.8) is 0 Å². The predicted octanol–water partition coefficient (Wildman–Crippen LogP) is 4.00. The SMILES string of the molecule is C=C(CC)CC(NCCC)C1CCCCS1. The van der Waals surface area contributed by atoms with Gasteiger partial charge in [0.25, 0.3) is 0 Å². The highest BCUT2D eigenvalue weighted by Crippen LogP contribution is 2.30. The summed E-state index contributed by atoms with van der Waals surface area (Å²) in [5.41, 5.74) is 1.40. The van der Waals surface area contributed by atoms with E-state index in [9.17, 15) is 0 Å². The Morgan fingerprint density at radius 1 is 1.44 bits per heavy atom. The fourth-order valence-corrected chi connectivity index (χ4v) is 3.63. The molecule has 94 valence electrons. The highest BCUT2D eigenvalue weighted by Gasteiger charge is 2.23. The average Bonchev–Trinajstić information content (AvgIpc) is 2.35. The van der Waals surface area contributed by atoms with E-state index >= 15 is 0 Å². The highest BCUT2D eigenvalue weighted by molar-refractivity contribution is 8.00. The molecule has 0 aliphatic carbocycles.